The fraction of sp³-hybridized carbons (Fsp3) is 0.333. The molecule has 1 N–H and O–H groups in total. The van der Waals surface area contributed by atoms with Crippen LogP contribution in [0.5, 0.6) is 0 Å². The van der Waals surface area contributed by atoms with Gasteiger partial charge in [0.1, 0.15) is 0 Å². The molecule has 25 heavy (non-hydrogen) atoms. The maximum absolute atomic E-state index is 12.6. The van der Waals surface area contributed by atoms with Crippen molar-refractivity contribution >= 4 is 17.5 Å². The molecule has 2 aromatic rings. The standard InChI is InChI=1S/C21H24N2O2/c1-14-8-7-11-19(15(14)2)22-21(25)18-12-20(24)23(13-18)16(3)17-9-5-4-6-10-17/h4-11,16,18H,12-13H2,1-3H3,(H,22,25)/t16-,18+/m0/s1. The second-order valence-electron chi connectivity index (χ2n) is 6.77. The molecule has 0 saturated carbocycles. The Balaban J connectivity index is 1.69. The van der Waals surface area contributed by atoms with Crippen molar-refractivity contribution in [1.82, 2.24) is 4.90 Å². The summed E-state index contributed by atoms with van der Waals surface area (Å²) in [6.07, 6.45) is 0.272. The van der Waals surface area contributed by atoms with Crippen molar-refractivity contribution in [2.75, 3.05) is 11.9 Å². The summed E-state index contributed by atoms with van der Waals surface area (Å²) in [5.41, 5.74) is 4.12. The highest BCUT2D eigenvalue weighted by Gasteiger charge is 2.37. The first kappa shape index (κ1) is 17.2. The lowest BCUT2D eigenvalue weighted by molar-refractivity contribution is -0.129. The largest absolute Gasteiger partial charge is 0.335 e. The molecule has 2 amide bonds. The monoisotopic (exact) mass is 336 g/mol. The fourth-order valence-electron chi connectivity index (χ4n) is 3.31. The number of nitrogens with one attached hydrogen (secondary N) is 1. The molecule has 2 aromatic carbocycles. The van der Waals surface area contributed by atoms with Gasteiger partial charge in [0, 0.05) is 18.7 Å². The molecule has 3 rings (SSSR count). The quantitative estimate of drug-likeness (QED) is 0.922. The zero-order valence-electron chi connectivity index (χ0n) is 15.0. The third-order valence-electron chi connectivity index (χ3n) is 5.14. The molecule has 2 atom stereocenters. The number of likely N-dealkylation sites (tertiary alicyclic amines) is 1. The predicted octanol–water partition coefficient (Wildman–Crippen LogP) is 3.85. The molecule has 1 heterocycles. The van der Waals surface area contributed by atoms with Crippen LogP contribution in [0.25, 0.3) is 0 Å². The minimum atomic E-state index is -0.307. The average Bonchev–Trinajstić information content (AvgIpc) is 3.01. The Kier molecular flexibility index (Phi) is 4.88. The first-order valence-corrected chi connectivity index (χ1v) is 8.69. The lowest BCUT2D eigenvalue weighted by Crippen LogP contribution is -2.30. The van der Waals surface area contributed by atoms with E-state index < -0.39 is 0 Å². The lowest BCUT2D eigenvalue weighted by Gasteiger charge is -2.25. The second-order valence-corrected chi connectivity index (χ2v) is 6.77. The van der Waals surface area contributed by atoms with Crippen LogP contribution >= 0.6 is 0 Å². The van der Waals surface area contributed by atoms with Crippen LogP contribution in [0, 0.1) is 19.8 Å². The van der Waals surface area contributed by atoms with Gasteiger partial charge in [-0.2, -0.15) is 0 Å². The smallest absolute Gasteiger partial charge is 0.229 e. The summed E-state index contributed by atoms with van der Waals surface area (Å²) in [4.78, 5) is 26.9. The van der Waals surface area contributed by atoms with Crippen LogP contribution in [0.3, 0.4) is 0 Å². The van der Waals surface area contributed by atoms with E-state index in [0.717, 1.165) is 22.4 Å². The van der Waals surface area contributed by atoms with Gasteiger partial charge in [-0.1, -0.05) is 42.5 Å². The molecule has 0 aliphatic carbocycles. The molecule has 0 radical (unpaired) electrons. The number of benzene rings is 2. The van der Waals surface area contributed by atoms with Gasteiger partial charge in [0.15, 0.2) is 0 Å². The van der Waals surface area contributed by atoms with E-state index >= 15 is 0 Å². The Morgan fingerprint density at radius 1 is 1.12 bits per heavy atom. The van der Waals surface area contributed by atoms with Crippen molar-refractivity contribution in [1.29, 1.82) is 0 Å². The summed E-state index contributed by atoms with van der Waals surface area (Å²) in [5.74, 6) is -0.346. The Bertz CT molecular complexity index is 786. The number of carbonyl (C=O) groups excluding carboxylic acids is 2. The summed E-state index contributed by atoms with van der Waals surface area (Å²) in [6, 6.07) is 15.8. The van der Waals surface area contributed by atoms with Crippen molar-refractivity contribution in [2.45, 2.75) is 33.2 Å². The van der Waals surface area contributed by atoms with E-state index in [1.54, 1.807) is 0 Å². The van der Waals surface area contributed by atoms with Gasteiger partial charge in [0.05, 0.1) is 12.0 Å². The molecule has 0 unspecified atom stereocenters. The molecule has 0 spiro atoms. The van der Waals surface area contributed by atoms with E-state index in [1.165, 1.54) is 0 Å². The highest BCUT2D eigenvalue weighted by molar-refractivity contribution is 5.97. The van der Waals surface area contributed by atoms with E-state index in [4.69, 9.17) is 0 Å². The van der Waals surface area contributed by atoms with Crippen molar-refractivity contribution in [3.63, 3.8) is 0 Å². The highest BCUT2D eigenvalue weighted by Crippen LogP contribution is 2.29. The summed E-state index contributed by atoms with van der Waals surface area (Å²) < 4.78 is 0. The van der Waals surface area contributed by atoms with Gasteiger partial charge in [-0.25, -0.2) is 0 Å². The lowest BCUT2D eigenvalue weighted by atomic mass is 10.1. The molecule has 4 heteroatoms. The number of aryl methyl sites for hydroxylation is 1. The zero-order valence-corrected chi connectivity index (χ0v) is 15.0. The molecule has 0 aromatic heterocycles. The third kappa shape index (κ3) is 3.58. The van der Waals surface area contributed by atoms with E-state index in [9.17, 15) is 9.59 Å². The van der Waals surface area contributed by atoms with E-state index in [0.29, 0.717) is 6.54 Å². The maximum Gasteiger partial charge on any atom is 0.229 e. The average molecular weight is 336 g/mol. The van der Waals surface area contributed by atoms with Gasteiger partial charge in [0.2, 0.25) is 11.8 Å². The number of rotatable bonds is 4. The second kappa shape index (κ2) is 7.09. The van der Waals surface area contributed by atoms with E-state index in [1.807, 2.05) is 74.2 Å². The Hall–Kier alpha value is -2.62. The van der Waals surface area contributed by atoms with Crippen LogP contribution in [0.15, 0.2) is 48.5 Å². The van der Waals surface area contributed by atoms with Crippen LogP contribution in [0.4, 0.5) is 5.69 Å². The number of hydrogen-bond acceptors (Lipinski definition) is 2. The van der Waals surface area contributed by atoms with Crippen LogP contribution in [0.1, 0.15) is 36.1 Å². The molecule has 130 valence electrons. The molecule has 1 fully saturated rings. The van der Waals surface area contributed by atoms with Gasteiger partial charge < -0.3 is 10.2 Å². The Morgan fingerprint density at radius 3 is 2.56 bits per heavy atom. The first-order valence-electron chi connectivity index (χ1n) is 8.69. The SMILES string of the molecule is Cc1cccc(NC(=O)[C@@H]2CC(=O)N([C@@H](C)c3ccccc3)C2)c1C. The number of carbonyl (C=O) groups is 2. The summed E-state index contributed by atoms with van der Waals surface area (Å²) >= 11 is 0. The van der Waals surface area contributed by atoms with Gasteiger partial charge >= 0.3 is 0 Å². The van der Waals surface area contributed by atoms with Crippen LogP contribution in [0.2, 0.25) is 0 Å². The molecule has 0 bridgehead atoms. The van der Waals surface area contributed by atoms with E-state index in [2.05, 4.69) is 5.32 Å². The van der Waals surface area contributed by atoms with Gasteiger partial charge in [-0.3, -0.25) is 9.59 Å². The molecule has 1 aliphatic heterocycles. The molecule has 4 nitrogen and oxygen atoms in total. The number of nitrogens with zero attached hydrogens (tertiary/aromatic N) is 1. The number of amides is 2. The van der Waals surface area contributed by atoms with Crippen LogP contribution in [-0.2, 0) is 9.59 Å². The zero-order chi connectivity index (χ0) is 18.0. The number of anilines is 1. The minimum absolute atomic E-state index is 0.0211. The van der Waals surface area contributed by atoms with E-state index in [-0.39, 0.29) is 30.2 Å². The van der Waals surface area contributed by atoms with Crippen molar-refractivity contribution in [3.05, 3.63) is 65.2 Å². The third-order valence-corrected chi connectivity index (χ3v) is 5.14. The molecule has 1 aliphatic rings. The van der Waals surface area contributed by atoms with Crippen molar-refractivity contribution in [3.8, 4) is 0 Å². The Labute approximate surface area is 148 Å². The van der Waals surface area contributed by atoms with Gasteiger partial charge in [0.25, 0.3) is 0 Å². The Morgan fingerprint density at radius 2 is 1.84 bits per heavy atom. The van der Waals surface area contributed by atoms with Crippen LogP contribution < -0.4 is 5.32 Å². The maximum atomic E-state index is 12.6. The van der Waals surface area contributed by atoms with Crippen molar-refractivity contribution < 1.29 is 9.59 Å². The predicted molar refractivity (Wildman–Crippen MR) is 99.2 cm³/mol. The molecule has 1 saturated heterocycles. The minimum Gasteiger partial charge on any atom is -0.335 e. The van der Waals surface area contributed by atoms with Crippen LogP contribution in [-0.4, -0.2) is 23.3 Å². The molecular weight excluding hydrogens is 312 g/mol. The number of hydrogen-bond donors (Lipinski definition) is 1. The van der Waals surface area contributed by atoms with Gasteiger partial charge in [-0.05, 0) is 43.5 Å². The topological polar surface area (TPSA) is 49.4 Å². The van der Waals surface area contributed by atoms with Crippen molar-refractivity contribution in [2.24, 2.45) is 5.92 Å². The normalized spacial score (nSPS) is 18.3. The molecular formula is C21H24N2O2. The summed E-state index contributed by atoms with van der Waals surface area (Å²) in [6.45, 7) is 6.49. The van der Waals surface area contributed by atoms with Gasteiger partial charge in [-0.15, -0.1) is 0 Å². The fourth-order valence-corrected chi connectivity index (χ4v) is 3.31. The highest BCUT2D eigenvalue weighted by atomic mass is 16.2. The summed E-state index contributed by atoms with van der Waals surface area (Å²) in [5, 5.41) is 2.99. The first-order chi connectivity index (χ1) is 12.0. The summed E-state index contributed by atoms with van der Waals surface area (Å²) in [7, 11) is 0.